The molecule has 2 aromatic rings. The number of carbonyl (C=O) groups is 2. The summed E-state index contributed by atoms with van der Waals surface area (Å²) < 4.78 is 0. The average Bonchev–Trinajstić information content (AvgIpc) is 2.71. The van der Waals surface area contributed by atoms with E-state index in [0.717, 1.165) is 31.2 Å². The van der Waals surface area contributed by atoms with Gasteiger partial charge in [0, 0.05) is 17.8 Å². The van der Waals surface area contributed by atoms with E-state index in [0.29, 0.717) is 5.56 Å². The van der Waals surface area contributed by atoms with Crippen LogP contribution in [0, 0.1) is 5.92 Å². The third kappa shape index (κ3) is 5.67. The van der Waals surface area contributed by atoms with Crippen molar-refractivity contribution in [3.63, 3.8) is 0 Å². The fraction of sp³-hybridized carbons (Fsp3) is 0.391. The van der Waals surface area contributed by atoms with Crippen molar-refractivity contribution in [3.05, 3.63) is 65.7 Å². The fourth-order valence-corrected chi connectivity index (χ4v) is 3.36. The van der Waals surface area contributed by atoms with Crippen molar-refractivity contribution < 1.29 is 9.59 Å². The highest BCUT2D eigenvalue weighted by Gasteiger charge is 2.17. The molecule has 0 spiro atoms. The van der Waals surface area contributed by atoms with E-state index < -0.39 is 6.04 Å². The highest BCUT2D eigenvalue weighted by molar-refractivity contribution is 6.00. The molecule has 28 heavy (non-hydrogen) atoms. The summed E-state index contributed by atoms with van der Waals surface area (Å²) in [6, 6.07) is 16.2. The molecule has 0 radical (unpaired) electrons. The van der Waals surface area contributed by atoms with Gasteiger partial charge in [-0.3, -0.25) is 14.5 Å². The van der Waals surface area contributed by atoms with Crippen molar-refractivity contribution in [3.8, 4) is 0 Å². The smallest absolute Gasteiger partial charge is 0.251 e. The first-order chi connectivity index (χ1) is 13.5. The topological polar surface area (TPSA) is 61.4 Å². The molecule has 2 N–H and O–H groups in total. The number of piperidine rings is 1. The molecule has 3 rings (SSSR count). The van der Waals surface area contributed by atoms with Crippen molar-refractivity contribution in [2.45, 2.75) is 39.3 Å². The van der Waals surface area contributed by atoms with Gasteiger partial charge in [-0.15, -0.1) is 0 Å². The molecule has 5 nitrogen and oxygen atoms in total. The van der Waals surface area contributed by atoms with E-state index >= 15 is 0 Å². The van der Waals surface area contributed by atoms with Crippen LogP contribution in [-0.4, -0.2) is 35.8 Å². The standard InChI is InChI=1S/C23H29N3O2/c1-17-12-14-26(15-13-17)16-19-8-10-21(11-9-19)25-22(27)18(2)24-23(28)20-6-4-3-5-7-20/h3-11,17-18H,12-16H2,1-2H3,(H,24,28)(H,25,27). The molecule has 0 saturated carbocycles. The van der Waals surface area contributed by atoms with E-state index in [1.54, 1.807) is 31.2 Å². The summed E-state index contributed by atoms with van der Waals surface area (Å²) in [5.74, 6) is 0.342. The van der Waals surface area contributed by atoms with Crippen LogP contribution in [0.5, 0.6) is 0 Å². The lowest BCUT2D eigenvalue weighted by Gasteiger charge is -2.30. The van der Waals surface area contributed by atoms with Crippen molar-refractivity contribution >= 4 is 17.5 Å². The molecule has 0 bridgehead atoms. The first-order valence-corrected chi connectivity index (χ1v) is 9.99. The number of carbonyl (C=O) groups excluding carboxylic acids is 2. The van der Waals surface area contributed by atoms with Crippen LogP contribution >= 0.6 is 0 Å². The predicted octanol–water partition coefficient (Wildman–Crippen LogP) is 3.68. The van der Waals surface area contributed by atoms with Crippen LogP contribution in [0.4, 0.5) is 5.69 Å². The molecule has 1 atom stereocenters. The second-order valence-electron chi connectivity index (χ2n) is 7.71. The number of likely N-dealkylation sites (tertiary alicyclic amines) is 1. The van der Waals surface area contributed by atoms with Crippen LogP contribution in [0.1, 0.15) is 42.6 Å². The summed E-state index contributed by atoms with van der Waals surface area (Å²) in [5, 5.41) is 5.60. The predicted molar refractivity (Wildman–Crippen MR) is 112 cm³/mol. The van der Waals surface area contributed by atoms with Gasteiger partial charge in [0.05, 0.1) is 0 Å². The molecule has 5 heteroatoms. The summed E-state index contributed by atoms with van der Waals surface area (Å²) in [5.41, 5.74) is 2.53. The number of amides is 2. The third-order valence-electron chi connectivity index (χ3n) is 5.28. The third-order valence-corrected chi connectivity index (χ3v) is 5.28. The van der Waals surface area contributed by atoms with Gasteiger partial charge in [0.1, 0.15) is 6.04 Å². The van der Waals surface area contributed by atoms with Gasteiger partial charge in [-0.25, -0.2) is 0 Å². The van der Waals surface area contributed by atoms with Gasteiger partial charge in [0.25, 0.3) is 5.91 Å². The molecule has 0 aromatic heterocycles. The van der Waals surface area contributed by atoms with E-state index in [4.69, 9.17) is 0 Å². The van der Waals surface area contributed by atoms with Crippen molar-refractivity contribution in [1.82, 2.24) is 10.2 Å². The maximum absolute atomic E-state index is 12.4. The highest BCUT2D eigenvalue weighted by Crippen LogP contribution is 2.19. The average molecular weight is 380 g/mol. The van der Waals surface area contributed by atoms with Crippen LogP contribution < -0.4 is 10.6 Å². The van der Waals surface area contributed by atoms with Gasteiger partial charge in [-0.1, -0.05) is 37.3 Å². The second-order valence-corrected chi connectivity index (χ2v) is 7.71. The molecule has 1 unspecified atom stereocenters. The van der Waals surface area contributed by atoms with Crippen LogP contribution in [-0.2, 0) is 11.3 Å². The molecule has 1 heterocycles. The Bertz CT molecular complexity index is 781. The highest BCUT2D eigenvalue weighted by atomic mass is 16.2. The zero-order valence-corrected chi connectivity index (χ0v) is 16.7. The fourth-order valence-electron chi connectivity index (χ4n) is 3.36. The molecule has 1 fully saturated rings. The van der Waals surface area contributed by atoms with Crippen molar-refractivity contribution in [2.24, 2.45) is 5.92 Å². The van der Waals surface area contributed by atoms with E-state index in [1.165, 1.54) is 18.4 Å². The summed E-state index contributed by atoms with van der Waals surface area (Å²) in [6.45, 7) is 7.25. The molecular weight excluding hydrogens is 350 g/mol. The van der Waals surface area contributed by atoms with Crippen LogP contribution in [0.25, 0.3) is 0 Å². The molecule has 2 amide bonds. The Balaban J connectivity index is 1.49. The Morgan fingerprint density at radius 2 is 1.68 bits per heavy atom. The Hall–Kier alpha value is -2.66. The summed E-state index contributed by atoms with van der Waals surface area (Å²) >= 11 is 0. The van der Waals surface area contributed by atoms with Gasteiger partial charge < -0.3 is 10.6 Å². The van der Waals surface area contributed by atoms with E-state index in [-0.39, 0.29) is 11.8 Å². The molecule has 1 aliphatic rings. The van der Waals surface area contributed by atoms with Gasteiger partial charge in [-0.2, -0.15) is 0 Å². The quantitative estimate of drug-likeness (QED) is 0.805. The molecular formula is C23H29N3O2. The Morgan fingerprint density at radius 1 is 1.04 bits per heavy atom. The van der Waals surface area contributed by atoms with Gasteiger partial charge in [0.2, 0.25) is 5.91 Å². The van der Waals surface area contributed by atoms with Crippen molar-refractivity contribution in [1.29, 1.82) is 0 Å². The first-order valence-electron chi connectivity index (χ1n) is 9.99. The molecule has 0 aliphatic carbocycles. The van der Waals surface area contributed by atoms with Gasteiger partial charge in [0.15, 0.2) is 0 Å². The number of hydrogen-bond acceptors (Lipinski definition) is 3. The van der Waals surface area contributed by atoms with E-state index in [1.807, 2.05) is 18.2 Å². The van der Waals surface area contributed by atoms with Crippen molar-refractivity contribution in [2.75, 3.05) is 18.4 Å². The minimum Gasteiger partial charge on any atom is -0.341 e. The van der Waals surface area contributed by atoms with Crippen LogP contribution in [0.2, 0.25) is 0 Å². The number of nitrogens with one attached hydrogen (secondary N) is 2. The van der Waals surface area contributed by atoms with E-state index in [2.05, 4.69) is 34.6 Å². The summed E-state index contributed by atoms with van der Waals surface area (Å²) in [6.07, 6.45) is 2.53. The zero-order chi connectivity index (χ0) is 19.9. The van der Waals surface area contributed by atoms with Gasteiger partial charge >= 0.3 is 0 Å². The minimum absolute atomic E-state index is 0.234. The largest absolute Gasteiger partial charge is 0.341 e. The Morgan fingerprint density at radius 3 is 2.32 bits per heavy atom. The Kier molecular flexibility index (Phi) is 6.82. The van der Waals surface area contributed by atoms with Gasteiger partial charge in [-0.05, 0) is 68.6 Å². The minimum atomic E-state index is -0.622. The number of anilines is 1. The second kappa shape index (κ2) is 9.51. The lowest BCUT2D eigenvalue weighted by molar-refractivity contribution is -0.117. The maximum Gasteiger partial charge on any atom is 0.251 e. The Labute approximate surface area is 167 Å². The molecule has 148 valence electrons. The number of benzene rings is 2. The lowest BCUT2D eigenvalue weighted by Crippen LogP contribution is -2.41. The number of rotatable bonds is 6. The zero-order valence-electron chi connectivity index (χ0n) is 16.7. The molecule has 1 saturated heterocycles. The number of nitrogens with zero attached hydrogens (tertiary/aromatic N) is 1. The van der Waals surface area contributed by atoms with E-state index in [9.17, 15) is 9.59 Å². The van der Waals surface area contributed by atoms with Crippen LogP contribution in [0.3, 0.4) is 0 Å². The monoisotopic (exact) mass is 379 g/mol. The molecule has 2 aromatic carbocycles. The normalized spacial score (nSPS) is 16.4. The summed E-state index contributed by atoms with van der Waals surface area (Å²) in [4.78, 5) is 27.0. The van der Waals surface area contributed by atoms with Crippen LogP contribution in [0.15, 0.2) is 54.6 Å². The maximum atomic E-state index is 12.4. The first kappa shape index (κ1) is 20.1. The lowest BCUT2D eigenvalue weighted by atomic mass is 9.99. The summed E-state index contributed by atoms with van der Waals surface area (Å²) in [7, 11) is 0. The number of hydrogen-bond donors (Lipinski definition) is 2. The molecule has 1 aliphatic heterocycles. The SMILES string of the molecule is CC1CCN(Cc2ccc(NC(=O)C(C)NC(=O)c3ccccc3)cc2)CC1.